The number of carbonyl (C=O) groups is 2. The Morgan fingerprint density at radius 1 is 1.00 bits per heavy atom. The van der Waals surface area contributed by atoms with Crippen molar-refractivity contribution in [3.05, 3.63) is 53.6 Å². The van der Waals surface area contributed by atoms with Gasteiger partial charge in [0.15, 0.2) is 11.2 Å². The number of benzene rings is 1. The summed E-state index contributed by atoms with van der Waals surface area (Å²) in [5.74, 6) is 7.74. The van der Waals surface area contributed by atoms with Gasteiger partial charge in [0.25, 0.3) is 0 Å². The van der Waals surface area contributed by atoms with Crippen LogP contribution in [0.4, 0.5) is 0 Å². The molecule has 6 nitrogen and oxygen atoms in total. The molecule has 1 aromatic carbocycles. The van der Waals surface area contributed by atoms with Gasteiger partial charge in [0.05, 0.1) is 5.60 Å². The van der Waals surface area contributed by atoms with Crippen LogP contribution in [0.2, 0.25) is 0 Å². The minimum atomic E-state index is -0.944. The van der Waals surface area contributed by atoms with Crippen molar-refractivity contribution in [2.75, 3.05) is 0 Å². The number of fused-ring (bicyclic) bond motifs is 5. The molecule has 0 bridgehead atoms. The van der Waals surface area contributed by atoms with Gasteiger partial charge in [0.1, 0.15) is 5.75 Å². The second kappa shape index (κ2) is 11.7. The number of aryl methyl sites for hydroxylation is 1. The molecule has 1 aromatic rings. The van der Waals surface area contributed by atoms with Gasteiger partial charge < -0.3 is 9.47 Å². The van der Waals surface area contributed by atoms with Crippen LogP contribution >= 0.6 is 0 Å². The fourth-order valence-electron chi connectivity index (χ4n) is 7.01. The minimum absolute atomic E-state index is 0.319. The largest absolute Gasteiger partial charge is 0.442 e. The zero-order valence-electron chi connectivity index (χ0n) is 26.8. The summed E-state index contributed by atoms with van der Waals surface area (Å²) in [4.78, 5) is 36.7. The van der Waals surface area contributed by atoms with E-state index in [1.165, 1.54) is 11.1 Å². The molecule has 0 saturated heterocycles. The molecule has 0 spiro atoms. The molecule has 0 radical (unpaired) electrons. The first-order chi connectivity index (χ1) is 19.5. The van der Waals surface area contributed by atoms with Crippen molar-refractivity contribution in [2.45, 2.75) is 123 Å². The van der Waals surface area contributed by atoms with E-state index in [1.54, 1.807) is 13.8 Å². The van der Waals surface area contributed by atoms with Gasteiger partial charge in [0, 0.05) is 16.6 Å². The molecule has 0 aromatic heterocycles. The van der Waals surface area contributed by atoms with Gasteiger partial charge in [-0.3, -0.25) is 0 Å². The Morgan fingerprint density at radius 3 is 2.33 bits per heavy atom. The number of esters is 2. The van der Waals surface area contributed by atoms with E-state index in [2.05, 4.69) is 38.0 Å². The third-order valence-electron chi connectivity index (χ3n) is 9.88. The number of hydrogen-bond acceptors (Lipinski definition) is 6. The zero-order chi connectivity index (χ0) is 31.1. The van der Waals surface area contributed by atoms with Crippen LogP contribution in [0.5, 0.6) is 5.75 Å². The average molecular weight is 577 g/mol. The topological polar surface area (TPSA) is 71.1 Å². The third kappa shape index (κ3) is 6.24. The summed E-state index contributed by atoms with van der Waals surface area (Å²) in [6.45, 7) is 22.9. The van der Waals surface area contributed by atoms with Gasteiger partial charge in [0.2, 0.25) is 0 Å². The van der Waals surface area contributed by atoms with Crippen LogP contribution in [0.25, 0.3) is 0 Å². The fraction of sp³-hybridized carbons (Fsp3) is 0.611. The molecule has 42 heavy (non-hydrogen) atoms. The minimum Gasteiger partial charge on any atom is -0.442 e. The number of ether oxygens (including phenoxy) is 2. The molecule has 0 unspecified atom stereocenters. The quantitative estimate of drug-likeness (QED) is 0.0785. The van der Waals surface area contributed by atoms with Crippen LogP contribution < -0.4 is 4.74 Å². The second-order valence-corrected chi connectivity index (χ2v) is 14.0. The van der Waals surface area contributed by atoms with Gasteiger partial charge in [-0.05, 0) is 128 Å². The lowest BCUT2D eigenvalue weighted by atomic mass is 9.53. The van der Waals surface area contributed by atoms with E-state index in [4.69, 9.17) is 19.2 Å². The van der Waals surface area contributed by atoms with E-state index in [9.17, 15) is 9.59 Å². The maximum absolute atomic E-state index is 13.1. The smallest absolute Gasteiger partial charge is 0.338 e. The van der Waals surface area contributed by atoms with E-state index in [0.29, 0.717) is 41.1 Å². The van der Waals surface area contributed by atoms with Crippen LogP contribution in [0.15, 0.2) is 42.5 Å². The van der Waals surface area contributed by atoms with Crippen molar-refractivity contribution < 1.29 is 28.8 Å². The summed E-state index contributed by atoms with van der Waals surface area (Å²) in [6.07, 6.45) is 6.19. The highest BCUT2D eigenvalue weighted by Gasteiger charge is 2.64. The highest BCUT2D eigenvalue weighted by Crippen LogP contribution is 2.65. The predicted molar refractivity (Wildman–Crippen MR) is 164 cm³/mol. The first-order valence-electron chi connectivity index (χ1n) is 15.3. The van der Waals surface area contributed by atoms with Crippen molar-refractivity contribution in [1.82, 2.24) is 0 Å². The maximum atomic E-state index is 13.1. The maximum Gasteiger partial charge on any atom is 0.338 e. The molecule has 0 aliphatic heterocycles. The van der Waals surface area contributed by atoms with E-state index in [-0.39, 0.29) is 5.41 Å². The second-order valence-electron chi connectivity index (χ2n) is 14.0. The predicted octanol–water partition coefficient (Wildman–Crippen LogP) is 7.80. The molecule has 3 aliphatic carbocycles. The molecule has 0 N–H and O–H groups in total. The van der Waals surface area contributed by atoms with Crippen LogP contribution in [0, 0.1) is 29.1 Å². The number of rotatable bonds is 8. The Labute approximate surface area is 252 Å². The monoisotopic (exact) mass is 576 g/mol. The van der Waals surface area contributed by atoms with Gasteiger partial charge in [-0.1, -0.05) is 44.9 Å². The Kier molecular flexibility index (Phi) is 8.89. The first-order valence-corrected chi connectivity index (χ1v) is 15.3. The van der Waals surface area contributed by atoms with E-state index in [1.807, 2.05) is 46.8 Å². The van der Waals surface area contributed by atoms with Gasteiger partial charge in [-0.2, -0.15) is 0 Å². The van der Waals surface area contributed by atoms with Crippen LogP contribution in [-0.2, 0) is 30.5 Å². The molecule has 3 aliphatic rings. The van der Waals surface area contributed by atoms with Crippen molar-refractivity contribution in [1.29, 1.82) is 0 Å². The molecule has 6 heteroatoms. The molecule has 2 fully saturated rings. The third-order valence-corrected chi connectivity index (χ3v) is 9.88. The molecule has 228 valence electrons. The summed E-state index contributed by atoms with van der Waals surface area (Å²) in [6, 6.07) is 6.05. The summed E-state index contributed by atoms with van der Waals surface area (Å²) in [5, 5.41) is 0. The summed E-state index contributed by atoms with van der Waals surface area (Å²) < 4.78 is 11.9. The van der Waals surface area contributed by atoms with Crippen LogP contribution in [0.3, 0.4) is 0 Å². The average Bonchev–Trinajstić information content (AvgIpc) is 3.22. The van der Waals surface area contributed by atoms with Crippen LogP contribution in [0.1, 0.15) is 111 Å². The molecule has 0 amide bonds. The molecule has 4 rings (SSSR count). The van der Waals surface area contributed by atoms with Crippen molar-refractivity contribution in [2.24, 2.45) is 17.3 Å². The molecular formula is C36H48O6. The highest BCUT2D eigenvalue weighted by atomic mass is 17.2. The fourth-order valence-corrected chi connectivity index (χ4v) is 7.01. The van der Waals surface area contributed by atoms with Crippen molar-refractivity contribution in [3.63, 3.8) is 0 Å². The van der Waals surface area contributed by atoms with E-state index >= 15 is 0 Å². The van der Waals surface area contributed by atoms with E-state index < -0.39 is 28.7 Å². The Balaban J connectivity index is 1.63. The molecular weight excluding hydrogens is 528 g/mol. The first kappa shape index (κ1) is 32.0. The van der Waals surface area contributed by atoms with Crippen molar-refractivity contribution >= 4 is 11.9 Å². The van der Waals surface area contributed by atoms with Gasteiger partial charge in [-0.25, -0.2) is 19.4 Å². The number of carbonyl (C=O) groups excluding carboxylic acids is 2. The molecule has 5 atom stereocenters. The Morgan fingerprint density at radius 2 is 1.69 bits per heavy atom. The van der Waals surface area contributed by atoms with Crippen LogP contribution in [-0.4, -0.2) is 28.7 Å². The SMILES string of the molecule is C=C(C)C(=O)Oc1ccc2c(c1)CC[C@H]1[C@H]3CC[C@@](C#CC(C)(C)OOC(C)(C)CC)(OC(=O)C(=C)C)[C@@]3(C)CC[C@@H]21. The van der Waals surface area contributed by atoms with Crippen molar-refractivity contribution in [3.8, 4) is 17.6 Å². The summed E-state index contributed by atoms with van der Waals surface area (Å²) >= 11 is 0. The van der Waals surface area contributed by atoms with Gasteiger partial charge >= 0.3 is 11.9 Å². The lowest BCUT2D eigenvalue weighted by Crippen LogP contribution is -2.52. The highest BCUT2D eigenvalue weighted by molar-refractivity contribution is 5.89. The molecule has 0 heterocycles. The lowest BCUT2D eigenvalue weighted by molar-refractivity contribution is -0.388. The summed E-state index contributed by atoms with van der Waals surface area (Å²) in [7, 11) is 0. The standard InChI is InChI=1S/C36H48O6/c1-11-33(6,7)41-42-34(8,9)20-21-36(40-32(38)24(4)5)19-17-30-29-14-12-25-22-26(39-31(37)23(2)3)13-15-27(25)28(29)16-18-35(30,36)10/h13,15,22,28-30H,2,4,11-12,14,16-19H2,1,3,5-10H3/t28-,29+,30+,35-,36-/m0/s1. The Bertz CT molecular complexity index is 1330. The lowest BCUT2D eigenvalue weighted by Gasteiger charge is -2.52. The molecule has 2 saturated carbocycles. The number of hydrogen-bond donors (Lipinski definition) is 0. The zero-order valence-corrected chi connectivity index (χ0v) is 26.8. The normalized spacial score (nSPS) is 28.3. The van der Waals surface area contributed by atoms with Gasteiger partial charge in [-0.15, -0.1) is 0 Å². The van der Waals surface area contributed by atoms with E-state index in [0.717, 1.165) is 38.5 Å². The Hall–Kier alpha value is -2.88. The summed E-state index contributed by atoms with van der Waals surface area (Å²) in [5.41, 5.74) is 0.754.